The van der Waals surface area contributed by atoms with Gasteiger partial charge in [-0.05, 0) is 42.7 Å². The number of anilines is 1. The van der Waals surface area contributed by atoms with E-state index in [-0.39, 0.29) is 17.5 Å². The molecule has 0 spiro atoms. The van der Waals surface area contributed by atoms with E-state index in [1.54, 1.807) is 30.3 Å². The molecule has 0 fully saturated rings. The first kappa shape index (κ1) is 20.1. The Morgan fingerprint density at radius 2 is 1.36 bits per heavy atom. The van der Waals surface area contributed by atoms with Gasteiger partial charge in [-0.25, -0.2) is 13.1 Å². The molecule has 0 aliphatic rings. The highest BCUT2D eigenvalue weighted by molar-refractivity contribution is 7.89. The van der Waals surface area contributed by atoms with Gasteiger partial charge in [0.1, 0.15) is 0 Å². The molecule has 28 heavy (non-hydrogen) atoms. The summed E-state index contributed by atoms with van der Waals surface area (Å²) in [7, 11) is -1.56. The molecule has 3 aromatic carbocycles. The normalized spacial score (nSPS) is 12.5. The number of likely N-dealkylation sites (N-methyl/N-ethyl adjacent to an activating group) is 1. The van der Waals surface area contributed by atoms with Gasteiger partial charge in [0.2, 0.25) is 10.0 Å². The number of rotatable bonds is 7. The summed E-state index contributed by atoms with van der Waals surface area (Å²) in [6, 6.07) is 24.5. The van der Waals surface area contributed by atoms with E-state index in [1.165, 1.54) is 0 Å². The predicted octanol–water partition coefficient (Wildman–Crippen LogP) is 4.46. The van der Waals surface area contributed by atoms with Crippen LogP contribution >= 0.6 is 0 Å². The summed E-state index contributed by atoms with van der Waals surface area (Å²) in [4.78, 5) is 2.43. The number of hydrogen-bond donors (Lipinski definition) is 1. The van der Waals surface area contributed by atoms with Crippen molar-refractivity contribution in [1.29, 1.82) is 0 Å². The summed E-state index contributed by atoms with van der Waals surface area (Å²) in [6.45, 7) is 4.43. The van der Waals surface area contributed by atoms with Gasteiger partial charge in [-0.1, -0.05) is 66.7 Å². The standard InChI is InChI=1S/C23H26N2O2S/c1-18-11-10-12-19(2)23(18)25(3)22(20-13-6-4-7-14-20)17-24-28(26,27)21-15-8-5-9-16-21/h4-16,22,24H,17H2,1-3H3/t22-/m0/s1. The molecule has 0 bridgehead atoms. The summed E-state index contributed by atoms with van der Waals surface area (Å²) in [6.07, 6.45) is 0. The second-order valence-electron chi connectivity index (χ2n) is 6.94. The van der Waals surface area contributed by atoms with Crippen LogP contribution in [0.1, 0.15) is 22.7 Å². The Bertz CT molecular complexity index is 999. The minimum Gasteiger partial charge on any atom is -0.366 e. The molecule has 1 atom stereocenters. The Kier molecular flexibility index (Phi) is 6.17. The SMILES string of the molecule is Cc1cccc(C)c1N(C)[C@@H](CNS(=O)(=O)c1ccccc1)c1ccccc1. The van der Waals surface area contributed by atoms with Crippen LogP contribution in [0, 0.1) is 13.8 Å². The Balaban J connectivity index is 1.93. The highest BCUT2D eigenvalue weighted by Crippen LogP contribution is 2.31. The van der Waals surface area contributed by atoms with Crippen molar-refractivity contribution in [2.75, 3.05) is 18.5 Å². The fourth-order valence-electron chi connectivity index (χ4n) is 3.54. The first-order valence-corrected chi connectivity index (χ1v) is 10.8. The monoisotopic (exact) mass is 394 g/mol. The van der Waals surface area contributed by atoms with Crippen LogP contribution in [0.2, 0.25) is 0 Å². The summed E-state index contributed by atoms with van der Waals surface area (Å²) >= 11 is 0. The third kappa shape index (κ3) is 4.43. The molecule has 4 nitrogen and oxygen atoms in total. The molecule has 0 aliphatic heterocycles. The summed E-state index contributed by atoms with van der Waals surface area (Å²) in [5, 5.41) is 0. The molecular weight excluding hydrogens is 368 g/mol. The molecule has 1 N–H and O–H groups in total. The van der Waals surface area contributed by atoms with Crippen molar-refractivity contribution in [1.82, 2.24) is 4.72 Å². The Labute approximate surface area is 167 Å². The lowest BCUT2D eigenvalue weighted by molar-refractivity contribution is 0.567. The molecule has 3 rings (SSSR count). The highest BCUT2D eigenvalue weighted by Gasteiger charge is 2.23. The topological polar surface area (TPSA) is 49.4 Å². The third-order valence-corrected chi connectivity index (χ3v) is 6.40. The molecule has 0 aliphatic carbocycles. The van der Waals surface area contributed by atoms with E-state index in [4.69, 9.17) is 0 Å². The zero-order chi connectivity index (χ0) is 20.1. The zero-order valence-corrected chi connectivity index (χ0v) is 17.3. The lowest BCUT2D eigenvalue weighted by atomic mass is 10.0. The molecule has 0 heterocycles. The molecule has 0 amide bonds. The molecular formula is C23H26N2O2S. The van der Waals surface area contributed by atoms with Crippen molar-refractivity contribution in [3.8, 4) is 0 Å². The highest BCUT2D eigenvalue weighted by atomic mass is 32.2. The quantitative estimate of drug-likeness (QED) is 0.644. The first-order valence-electron chi connectivity index (χ1n) is 9.29. The number of sulfonamides is 1. The molecule has 0 saturated heterocycles. The van der Waals surface area contributed by atoms with Crippen LogP contribution in [-0.2, 0) is 10.0 Å². The Morgan fingerprint density at radius 1 is 0.821 bits per heavy atom. The lowest BCUT2D eigenvalue weighted by Crippen LogP contribution is -2.36. The second kappa shape index (κ2) is 8.59. The molecule has 3 aromatic rings. The van der Waals surface area contributed by atoms with Gasteiger partial charge in [0.15, 0.2) is 0 Å². The van der Waals surface area contributed by atoms with Gasteiger partial charge in [-0.2, -0.15) is 0 Å². The smallest absolute Gasteiger partial charge is 0.240 e. The van der Waals surface area contributed by atoms with Crippen LogP contribution in [0.3, 0.4) is 0 Å². The molecule has 5 heteroatoms. The average Bonchev–Trinajstić information content (AvgIpc) is 2.69. The van der Waals surface area contributed by atoms with Crippen molar-refractivity contribution in [2.45, 2.75) is 24.8 Å². The Hall–Kier alpha value is -2.63. The average molecular weight is 395 g/mol. The van der Waals surface area contributed by atoms with Crippen LogP contribution in [0.5, 0.6) is 0 Å². The maximum Gasteiger partial charge on any atom is 0.240 e. The van der Waals surface area contributed by atoms with Crippen molar-refractivity contribution in [3.05, 3.63) is 95.6 Å². The van der Waals surface area contributed by atoms with Gasteiger partial charge in [0.05, 0.1) is 10.9 Å². The van der Waals surface area contributed by atoms with E-state index >= 15 is 0 Å². The van der Waals surface area contributed by atoms with Gasteiger partial charge >= 0.3 is 0 Å². The number of benzene rings is 3. The summed E-state index contributed by atoms with van der Waals surface area (Å²) < 4.78 is 28.3. The van der Waals surface area contributed by atoms with E-state index in [0.29, 0.717) is 0 Å². The van der Waals surface area contributed by atoms with Gasteiger partial charge in [-0.15, -0.1) is 0 Å². The lowest BCUT2D eigenvalue weighted by Gasteiger charge is -2.33. The molecule has 0 aromatic heterocycles. The van der Waals surface area contributed by atoms with Gasteiger partial charge < -0.3 is 4.90 Å². The maximum absolute atomic E-state index is 12.7. The summed E-state index contributed by atoms with van der Waals surface area (Å²) in [5.41, 5.74) is 4.50. The van der Waals surface area contributed by atoms with Crippen LogP contribution in [0.4, 0.5) is 5.69 Å². The van der Waals surface area contributed by atoms with Crippen molar-refractivity contribution < 1.29 is 8.42 Å². The van der Waals surface area contributed by atoms with Crippen molar-refractivity contribution in [2.24, 2.45) is 0 Å². The Morgan fingerprint density at radius 3 is 1.93 bits per heavy atom. The van der Waals surface area contributed by atoms with E-state index in [9.17, 15) is 8.42 Å². The maximum atomic E-state index is 12.7. The van der Waals surface area contributed by atoms with E-state index in [1.807, 2.05) is 43.4 Å². The zero-order valence-electron chi connectivity index (χ0n) is 16.5. The first-order chi connectivity index (χ1) is 13.4. The molecule has 0 unspecified atom stereocenters. The van der Waals surface area contributed by atoms with E-state index < -0.39 is 10.0 Å². The largest absolute Gasteiger partial charge is 0.366 e. The van der Waals surface area contributed by atoms with Crippen LogP contribution in [0.25, 0.3) is 0 Å². The number of aryl methyl sites for hydroxylation is 2. The van der Waals surface area contributed by atoms with Crippen LogP contribution < -0.4 is 9.62 Å². The number of nitrogens with zero attached hydrogens (tertiary/aromatic N) is 1. The minimum absolute atomic E-state index is 0.139. The van der Waals surface area contributed by atoms with Gasteiger partial charge in [0, 0.05) is 19.3 Å². The van der Waals surface area contributed by atoms with Gasteiger partial charge in [0.25, 0.3) is 0 Å². The predicted molar refractivity (Wildman–Crippen MR) is 115 cm³/mol. The van der Waals surface area contributed by atoms with E-state index in [2.05, 4.69) is 35.6 Å². The fraction of sp³-hybridized carbons (Fsp3) is 0.217. The van der Waals surface area contributed by atoms with Gasteiger partial charge in [-0.3, -0.25) is 0 Å². The minimum atomic E-state index is -3.58. The van der Waals surface area contributed by atoms with Crippen molar-refractivity contribution >= 4 is 15.7 Å². The van der Waals surface area contributed by atoms with Crippen LogP contribution in [0.15, 0.2) is 83.8 Å². The van der Waals surface area contributed by atoms with E-state index in [0.717, 1.165) is 22.4 Å². The second-order valence-corrected chi connectivity index (χ2v) is 8.71. The summed E-state index contributed by atoms with van der Waals surface area (Å²) in [5.74, 6) is 0. The molecule has 0 saturated carbocycles. The number of para-hydroxylation sites is 1. The number of hydrogen-bond acceptors (Lipinski definition) is 3. The van der Waals surface area contributed by atoms with Crippen LogP contribution in [-0.4, -0.2) is 22.0 Å². The molecule has 0 radical (unpaired) electrons. The fourth-order valence-corrected chi connectivity index (χ4v) is 4.60. The van der Waals surface area contributed by atoms with Crippen molar-refractivity contribution in [3.63, 3.8) is 0 Å². The molecule has 146 valence electrons. The number of nitrogens with one attached hydrogen (secondary N) is 1. The third-order valence-electron chi connectivity index (χ3n) is 4.96.